The van der Waals surface area contributed by atoms with Crippen molar-refractivity contribution in [3.63, 3.8) is 0 Å². The largest absolute Gasteiger partial charge is 0.497 e. The van der Waals surface area contributed by atoms with Crippen molar-refractivity contribution in [2.24, 2.45) is 0 Å². The zero-order chi connectivity index (χ0) is 15.5. The van der Waals surface area contributed by atoms with E-state index in [1.165, 1.54) is 0 Å². The van der Waals surface area contributed by atoms with Gasteiger partial charge in [-0.2, -0.15) is 5.26 Å². The van der Waals surface area contributed by atoms with Crippen LogP contribution in [0.2, 0.25) is 0 Å². The highest BCUT2D eigenvalue weighted by Gasteiger charge is 2.09. The molecule has 0 radical (unpaired) electrons. The molecule has 3 rings (SSSR count). The molecule has 108 valence electrons. The van der Waals surface area contributed by atoms with Gasteiger partial charge in [0, 0.05) is 34.6 Å². The van der Waals surface area contributed by atoms with Crippen molar-refractivity contribution >= 4 is 22.6 Å². The van der Waals surface area contributed by atoms with Crippen LogP contribution in [0.1, 0.15) is 16.8 Å². The van der Waals surface area contributed by atoms with E-state index in [4.69, 9.17) is 4.74 Å². The maximum absolute atomic E-state index is 9.52. The molecule has 0 aliphatic heterocycles. The lowest BCUT2D eigenvalue weighted by Gasteiger charge is -2.02. The van der Waals surface area contributed by atoms with Crippen LogP contribution in [0.15, 0.2) is 42.7 Å². The minimum absolute atomic E-state index is 0.588. The molecule has 0 unspecified atom stereocenters. The number of benzene rings is 1. The molecule has 0 saturated heterocycles. The average Bonchev–Trinajstić information content (AvgIpc) is 2.97. The lowest BCUT2D eigenvalue weighted by Crippen LogP contribution is -1.85. The van der Waals surface area contributed by atoms with Gasteiger partial charge in [0.2, 0.25) is 0 Å². The van der Waals surface area contributed by atoms with E-state index in [-0.39, 0.29) is 0 Å². The van der Waals surface area contributed by atoms with Crippen molar-refractivity contribution in [1.82, 2.24) is 9.97 Å². The van der Waals surface area contributed by atoms with Gasteiger partial charge >= 0.3 is 0 Å². The number of aryl methyl sites for hydroxylation is 1. The number of nitrogens with one attached hydrogen (secondary N) is 1. The predicted octanol–water partition coefficient (Wildman–Crippen LogP) is 3.94. The van der Waals surface area contributed by atoms with Crippen molar-refractivity contribution in [2.45, 2.75) is 6.92 Å². The molecule has 0 spiro atoms. The van der Waals surface area contributed by atoms with E-state index in [9.17, 15) is 5.26 Å². The molecule has 4 nitrogen and oxygen atoms in total. The molecule has 1 N–H and O–H groups in total. The van der Waals surface area contributed by atoms with Crippen molar-refractivity contribution in [3.8, 4) is 11.8 Å². The third-order valence-corrected chi connectivity index (χ3v) is 3.54. The number of aromatic nitrogens is 2. The number of nitriles is 1. The second-order valence-corrected chi connectivity index (χ2v) is 5.02. The maximum atomic E-state index is 9.52. The Morgan fingerprint density at radius 2 is 2.18 bits per heavy atom. The van der Waals surface area contributed by atoms with Crippen LogP contribution in [0.3, 0.4) is 0 Å². The Labute approximate surface area is 128 Å². The zero-order valence-corrected chi connectivity index (χ0v) is 12.4. The smallest absolute Gasteiger partial charge is 0.119 e. The Balaban J connectivity index is 2.11. The fourth-order valence-corrected chi connectivity index (χ4v) is 2.35. The summed E-state index contributed by atoms with van der Waals surface area (Å²) in [5.41, 5.74) is 4.27. The molecule has 2 heterocycles. The van der Waals surface area contributed by atoms with Crippen molar-refractivity contribution in [3.05, 3.63) is 59.5 Å². The third-order valence-electron chi connectivity index (χ3n) is 3.54. The van der Waals surface area contributed by atoms with Crippen LogP contribution < -0.4 is 4.74 Å². The molecule has 0 fully saturated rings. The topological polar surface area (TPSA) is 61.7 Å². The number of pyridine rings is 1. The molecular weight excluding hydrogens is 274 g/mol. The molecule has 22 heavy (non-hydrogen) atoms. The van der Waals surface area contributed by atoms with Crippen molar-refractivity contribution in [1.29, 1.82) is 5.26 Å². The number of hydrogen-bond donors (Lipinski definition) is 1. The van der Waals surface area contributed by atoms with Gasteiger partial charge in [0.1, 0.15) is 5.75 Å². The van der Waals surface area contributed by atoms with Crippen LogP contribution in [0.4, 0.5) is 0 Å². The van der Waals surface area contributed by atoms with Crippen molar-refractivity contribution in [2.75, 3.05) is 7.11 Å². The van der Waals surface area contributed by atoms with E-state index in [1.54, 1.807) is 13.3 Å². The van der Waals surface area contributed by atoms with Crippen LogP contribution in [0.5, 0.6) is 5.75 Å². The summed E-state index contributed by atoms with van der Waals surface area (Å²) in [6, 6.07) is 11.9. The SMILES string of the molecule is COc1ccc2[nH]cc(/C(C#N)=C/c3ccc(C)nc3)c2c1. The molecule has 3 aromatic rings. The summed E-state index contributed by atoms with van der Waals surface area (Å²) in [6.07, 6.45) is 5.46. The van der Waals surface area contributed by atoms with E-state index < -0.39 is 0 Å². The van der Waals surface area contributed by atoms with Gasteiger partial charge in [-0.05, 0) is 42.8 Å². The second kappa shape index (κ2) is 5.74. The van der Waals surface area contributed by atoms with E-state index in [0.717, 1.165) is 33.5 Å². The first-order valence-corrected chi connectivity index (χ1v) is 6.91. The molecule has 2 aromatic heterocycles. The number of hydrogen-bond acceptors (Lipinski definition) is 3. The van der Waals surface area contributed by atoms with Crippen LogP contribution in [0, 0.1) is 18.3 Å². The summed E-state index contributed by atoms with van der Waals surface area (Å²) in [6.45, 7) is 1.94. The quantitative estimate of drug-likeness (QED) is 0.743. The van der Waals surface area contributed by atoms with Gasteiger partial charge < -0.3 is 9.72 Å². The summed E-state index contributed by atoms with van der Waals surface area (Å²) >= 11 is 0. The Morgan fingerprint density at radius 1 is 1.32 bits per heavy atom. The molecule has 4 heteroatoms. The lowest BCUT2D eigenvalue weighted by molar-refractivity contribution is 0.415. The molecule has 0 aliphatic rings. The van der Waals surface area contributed by atoms with E-state index in [1.807, 2.05) is 49.5 Å². The maximum Gasteiger partial charge on any atom is 0.119 e. The van der Waals surface area contributed by atoms with Gasteiger partial charge in [0.05, 0.1) is 18.8 Å². The van der Waals surface area contributed by atoms with Crippen LogP contribution in [0.25, 0.3) is 22.6 Å². The Hall–Kier alpha value is -3.06. The fourth-order valence-electron chi connectivity index (χ4n) is 2.35. The minimum Gasteiger partial charge on any atom is -0.497 e. The molecule has 0 saturated carbocycles. The standard InChI is InChI=1S/C18H15N3O/c1-12-3-4-13(10-20-12)7-14(9-19)17-11-21-18-6-5-15(22-2)8-16(17)18/h3-8,10-11,21H,1-2H3/b14-7+. The minimum atomic E-state index is 0.588. The predicted molar refractivity (Wildman–Crippen MR) is 87.3 cm³/mol. The summed E-state index contributed by atoms with van der Waals surface area (Å²) in [5, 5.41) is 10.5. The summed E-state index contributed by atoms with van der Waals surface area (Å²) < 4.78 is 5.27. The highest BCUT2D eigenvalue weighted by Crippen LogP contribution is 2.29. The van der Waals surface area contributed by atoms with E-state index >= 15 is 0 Å². The monoisotopic (exact) mass is 289 g/mol. The number of ether oxygens (including phenoxy) is 1. The lowest BCUT2D eigenvalue weighted by atomic mass is 10.0. The number of H-pyrrole nitrogens is 1. The first kappa shape index (κ1) is 13.9. The van der Waals surface area contributed by atoms with Gasteiger partial charge in [-0.15, -0.1) is 0 Å². The highest BCUT2D eigenvalue weighted by molar-refractivity contribution is 6.01. The molecule has 0 bridgehead atoms. The van der Waals surface area contributed by atoms with Crippen LogP contribution in [-0.4, -0.2) is 17.1 Å². The number of methoxy groups -OCH3 is 1. The molecular formula is C18H15N3O. The van der Waals surface area contributed by atoms with Crippen molar-refractivity contribution < 1.29 is 4.74 Å². The highest BCUT2D eigenvalue weighted by atomic mass is 16.5. The van der Waals surface area contributed by atoms with Crippen LogP contribution >= 0.6 is 0 Å². The van der Waals surface area contributed by atoms with Gasteiger partial charge in [-0.3, -0.25) is 4.98 Å². The second-order valence-electron chi connectivity index (χ2n) is 5.02. The molecule has 0 amide bonds. The first-order chi connectivity index (χ1) is 10.7. The normalized spacial score (nSPS) is 11.4. The average molecular weight is 289 g/mol. The van der Waals surface area contributed by atoms with Gasteiger partial charge in [-0.1, -0.05) is 6.07 Å². The van der Waals surface area contributed by atoms with E-state index in [0.29, 0.717) is 5.57 Å². The third kappa shape index (κ3) is 2.57. The fraction of sp³-hybridized carbons (Fsp3) is 0.111. The van der Waals surface area contributed by atoms with Crippen LogP contribution in [-0.2, 0) is 0 Å². The first-order valence-electron chi connectivity index (χ1n) is 6.91. The Morgan fingerprint density at radius 3 is 2.86 bits per heavy atom. The van der Waals surface area contributed by atoms with Gasteiger partial charge in [0.15, 0.2) is 0 Å². The number of rotatable bonds is 3. The van der Waals surface area contributed by atoms with E-state index in [2.05, 4.69) is 16.0 Å². The molecule has 0 aliphatic carbocycles. The zero-order valence-electron chi connectivity index (χ0n) is 12.4. The number of nitrogens with zero attached hydrogens (tertiary/aromatic N) is 2. The Kier molecular flexibility index (Phi) is 3.63. The summed E-state index contributed by atoms with van der Waals surface area (Å²) in [4.78, 5) is 7.44. The van der Waals surface area contributed by atoms with Gasteiger partial charge in [0.25, 0.3) is 0 Å². The number of allylic oxidation sites excluding steroid dienone is 1. The Bertz CT molecular complexity index is 883. The summed E-state index contributed by atoms with van der Waals surface area (Å²) in [7, 11) is 1.63. The molecule has 0 atom stereocenters. The van der Waals surface area contributed by atoms with Gasteiger partial charge in [-0.25, -0.2) is 0 Å². The number of aromatic amines is 1. The molecule has 1 aromatic carbocycles. The number of fused-ring (bicyclic) bond motifs is 1. The summed E-state index contributed by atoms with van der Waals surface area (Å²) in [5.74, 6) is 0.766.